The number of thioether (sulfide) groups is 1. The lowest BCUT2D eigenvalue weighted by atomic mass is 10.3. The van der Waals surface area contributed by atoms with Gasteiger partial charge in [-0.05, 0) is 23.9 Å². The van der Waals surface area contributed by atoms with Gasteiger partial charge < -0.3 is 12.4 Å². The standard InChI is InChI=1S/C7H4N3S.ClH/c8-5-11-7-3-1-6(10-9)2-4-7;/h1-4H;1H/q+1;/p-1. The van der Waals surface area contributed by atoms with Crippen molar-refractivity contribution in [3.63, 3.8) is 0 Å². The van der Waals surface area contributed by atoms with Crippen molar-refractivity contribution in [3.8, 4) is 5.40 Å². The van der Waals surface area contributed by atoms with Crippen molar-refractivity contribution >= 4 is 17.4 Å². The SMILES string of the molecule is N#CSc1ccc([N+]#N)cc1.[Cl-]. The maximum atomic E-state index is 8.31. The molecule has 0 atom stereocenters. The first-order valence-corrected chi connectivity index (χ1v) is 3.69. The molecule has 1 aromatic rings. The van der Waals surface area contributed by atoms with Crippen molar-refractivity contribution in [2.75, 3.05) is 0 Å². The average molecular weight is 198 g/mol. The fourth-order valence-electron chi connectivity index (χ4n) is 0.634. The topological polar surface area (TPSA) is 51.9 Å². The van der Waals surface area contributed by atoms with Crippen LogP contribution in [-0.4, -0.2) is 0 Å². The number of hydrogen-bond donors (Lipinski definition) is 0. The Morgan fingerprint density at radius 3 is 2.25 bits per heavy atom. The van der Waals surface area contributed by atoms with Crippen LogP contribution in [0.1, 0.15) is 0 Å². The van der Waals surface area contributed by atoms with Crippen LogP contribution in [0.4, 0.5) is 5.69 Å². The number of thiocyanates is 1. The Balaban J connectivity index is 0.00000121. The molecule has 0 unspecified atom stereocenters. The lowest BCUT2D eigenvalue weighted by Gasteiger charge is -1.85. The molecule has 5 heteroatoms. The number of nitrogens with zero attached hydrogens (tertiary/aromatic N) is 3. The van der Waals surface area contributed by atoms with Gasteiger partial charge >= 0.3 is 5.69 Å². The summed E-state index contributed by atoms with van der Waals surface area (Å²) >= 11 is 1.08. The highest BCUT2D eigenvalue weighted by molar-refractivity contribution is 8.03. The highest BCUT2D eigenvalue weighted by Gasteiger charge is 2.01. The molecular formula is C7H4ClN3S. The van der Waals surface area contributed by atoms with Gasteiger partial charge in [0.25, 0.3) is 0 Å². The van der Waals surface area contributed by atoms with E-state index in [2.05, 4.69) is 4.98 Å². The third-order valence-electron chi connectivity index (χ3n) is 1.12. The second-order valence-electron chi connectivity index (χ2n) is 1.79. The van der Waals surface area contributed by atoms with Gasteiger partial charge in [-0.3, -0.25) is 0 Å². The smallest absolute Gasteiger partial charge is 0.385 e. The van der Waals surface area contributed by atoms with Gasteiger partial charge in [-0.15, -0.1) is 0 Å². The van der Waals surface area contributed by atoms with E-state index in [1.54, 1.807) is 24.3 Å². The van der Waals surface area contributed by atoms with Crippen LogP contribution in [0.25, 0.3) is 4.98 Å². The predicted molar refractivity (Wildman–Crippen MR) is 42.7 cm³/mol. The molecule has 0 saturated heterocycles. The average Bonchev–Trinajstić information content (AvgIpc) is 2.07. The van der Waals surface area contributed by atoms with E-state index in [1.165, 1.54) is 0 Å². The lowest BCUT2D eigenvalue weighted by Crippen LogP contribution is -3.00. The highest BCUT2D eigenvalue weighted by atomic mass is 35.5. The Hall–Kier alpha value is -1.23. The first-order valence-electron chi connectivity index (χ1n) is 2.88. The zero-order chi connectivity index (χ0) is 8.10. The largest absolute Gasteiger partial charge is 1.00 e. The number of benzene rings is 1. The monoisotopic (exact) mass is 197 g/mol. The molecule has 0 N–H and O–H groups in total. The van der Waals surface area contributed by atoms with Gasteiger partial charge in [0.05, 0.1) is 0 Å². The van der Waals surface area contributed by atoms with Gasteiger partial charge in [0.1, 0.15) is 5.40 Å². The molecule has 0 amide bonds. The molecule has 60 valence electrons. The molecule has 0 fully saturated rings. The van der Waals surface area contributed by atoms with Crippen LogP contribution >= 0.6 is 11.8 Å². The minimum absolute atomic E-state index is 0. The summed E-state index contributed by atoms with van der Waals surface area (Å²) in [4.78, 5) is 3.83. The van der Waals surface area contributed by atoms with E-state index in [0.29, 0.717) is 5.69 Å². The van der Waals surface area contributed by atoms with Gasteiger partial charge in [0, 0.05) is 17.0 Å². The number of hydrogen-bond acceptors (Lipinski definition) is 3. The molecule has 1 aromatic carbocycles. The summed E-state index contributed by atoms with van der Waals surface area (Å²) in [5.74, 6) is 0. The van der Waals surface area contributed by atoms with Crippen molar-refractivity contribution in [2.24, 2.45) is 0 Å². The molecule has 0 aliphatic rings. The molecule has 0 bridgehead atoms. The number of halogens is 1. The first-order chi connectivity index (χ1) is 5.36. The Kier molecular flexibility index (Phi) is 4.87. The van der Waals surface area contributed by atoms with Crippen LogP contribution in [-0.2, 0) is 0 Å². The lowest BCUT2D eigenvalue weighted by molar-refractivity contribution is -0.00000262. The van der Waals surface area contributed by atoms with Gasteiger partial charge in [-0.25, -0.2) is 0 Å². The third kappa shape index (κ3) is 2.79. The van der Waals surface area contributed by atoms with Crippen LogP contribution in [0.5, 0.6) is 0 Å². The summed E-state index contributed by atoms with van der Waals surface area (Å²) in [7, 11) is 0. The molecule has 0 aromatic heterocycles. The molecule has 0 aliphatic carbocycles. The summed E-state index contributed by atoms with van der Waals surface area (Å²) in [5, 5.41) is 18.5. The number of nitriles is 1. The van der Waals surface area contributed by atoms with E-state index in [1.807, 2.05) is 5.40 Å². The zero-order valence-corrected chi connectivity index (χ0v) is 7.51. The van der Waals surface area contributed by atoms with Gasteiger partial charge in [-0.2, -0.15) is 5.26 Å². The third-order valence-corrected chi connectivity index (χ3v) is 1.71. The van der Waals surface area contributed by atoms with Gasteiger partial charge in [-0.1, -0.05) is 0 Å². The predicted octanol–water partition coefficient (Wildman–Crippen LogP) is -0.252. The maximum Gasteiger partial charge on any atom is 0.385 e. The van der Waals surface area contributed by atoms with Gasteiger partial charge in [0.15, 0.2) is 4.98 Å². The van der Waals surface area contributed by atoms with Crippen LogP contribution in [0.2, 0.25) is 0 Å². The van der Waals surface area contributed by atoms with E-state index in [9.17, 15) is 0 Å². The Morgan fingerprint density at radius 1 is 1.25 bits per heavy atom. The molecule has 1 rings (SSSR count). The number of rotatable bonds is 1. The van der Waals surface area contributed by atoms with Crippen LogP contribution in [0.15, 0.2) is 29.2 Å². The molecule has 0 radical (unpaired) electrons. The van der Waals surface area contributed by atoms with Crippen LogP contribution in [0, 0.1) is 16.1 Å². The van der Waals surface area contributed by atoms with Crippen molar-refractivity contribution < 1.29 is 12.4 Å². The van der Waals surface area contributed by atoms with Crippen molar-refractivity contribution in [1.29, 1.82) is 10.7 Å². The zero-order valence-electron chi connectivity index (χ0n) is 5.94. The van der Waals surface area contributed by atoms with E-state index in [4.69, 9.17) is 10.7 Å². The second-order valence-corrected chi connectivity index (χ2v) is 2.65. The molecule has 3 nitrogen and oxygen atoms in total. The van der Waals surface area contributed by atoms with Crippen molar-refractivity contribution in [1.82, 2.24) is 0 Å². The normalized spacial score (nSPS) is 7.50. The minimum atomic E-state index is 0. The summed E-state index contributed by atoms with van der Waals surface area (Å²) < 4.78 is 0. The van der Waals surface area contributed by atoms with Crippen molar-refractivity contribution in [2.45, 2.75) is 4.90 Å². The van der Waals surface area contributed by atoms with Crippen LogP contribution in [0.3, 0.4) is 0 Å². The fraction of sp³-hybridized carbons (Fsp3) is 0. The highest BCUT2D eigenvalue weighted by Crippen LogP contribution is 2.20. The second kappa shape index (κ2) is 5.42. The Bertz CT molecular complexity index is 322. The minimum Gasteiger partial charge on any atom is -1.00 e. The van der Waals surface area contributed by atoms with E-state index < -0.39 is 0 Å². The summed E-state index contributed by atoms with van der Waals surface area (Å²) in [6.45, 7) is 0. The summed E-state index contributed by atoms with van der Waals surface area (Å²) in [5.41, 5.74) is 0.493. The fourth-order valence-corrected chi connectivity index (χ4v) is 1.01. The molecule has 0 spiro atoms. The molecule has 0 heterocycles. The van der Waals surface area contributed by atoms with E-state index in [-0.39, 0.29) is 12.4 Å². The molecule has 0 saturated carbocycles. The quantitative estimate of drug-likeness (QED) is 0.355. The molecule has 0 aliphatic heterocycles. The summed E-state index contributed by atoms with van der Waals surface area (Å²) in [6.07, 6.45) is 0. The maximum absolute atomic E-state index is 8.31. The molecular weight excluding hydrogens is 194 g/mol. The van der Waals surface area contributed by atoms with E-state index >= 15 is 0 Å². The Morgan fingerprint density at radius 2 is 1.83 bits per heavy atom. The van der Waals surface area contributed by atoms with E-state index in [0.717, 1.165) is 16.7 Å². The first kappa shape index (κ1) is 10.8. The summed E-state index contributed by atoms with van der Waals surface area (Å²) in [6, 6.07) is 6.73. The molecule has 12 heavy (non-hydrogen) atoms. The van der Waals surface area contributed by atoms with Gasteiger partial charge in [0.2, 0.25) is 5.39 Å². The number of diazo groups is 1. The van der Waals surface area contributed by atoms with Crippen molar-refractivity contribution in [3.05, 3.63) is 29.2 Å². The Labute approximate surface area is 80.4 Å². The van der Waals surface area contributed by atoms with Crippen LogP contribution < -0.4 is 12.4 Å².